The third kappa shape index (κ3) is 6.15. The third-order valence-corrected chi connectivity index (χ3v) is 10.1. The first-order valence-electron chi connectivity index (χ1n) is 13.4. The summed E-state index contributed by atoms with van der Waals surface area (Å²) in [5.41, 5.74) is 0.725. The van der Waals surface area contributed by atoms with E-state index in [1.54, 1.807) is 28.6 Å². The summed E-state index contributed by atoms with van der Waals surface area (Å²) < 4.78 is 57.8. The summed E-state index contributed by atoms with van der Waals surface area (Å²) in [5.74, 6) is 0.227. The van der Waals surface area contributed by atoms with Crippen molar-refractivity contribution in [2.24, 2.45) is 0 Å². The molecule has 1 aliphatic carbocycles. The fraction of sp³-hybridized carbons (Fsp3) is 0.600. The van der Waals surface area contributed by atoms with Crippen LogP contribution < -0.4 is 9.62 Å². The number of carbonyl (C=O) groups is 1. The summed E-state index contributed by atoms with van der Waals surface area (Å²) in [7, 11) is 1.80. The number of hydrogen-bond acceptors (Lipinski definition) is 9. The van der Waals surface area contributed by atoms with Crippen LogP contribution in [0.5, 0.6) is 0 Å². The predicted octanol–water partition coefficient (Wildman–Crippen LogP) is 2.75. The van der Waals surface area contributed by atoms with Crippen molar-refractivity contribution in [2.45, 2.75) is 49.6 Å². The van der Waals surface area contributed by atoms with E-state index in [-0.39, 0.29) is 27.8 Å². The van der Waals surface area contributed by atoms with Crippen LogP contribution in [0.25, 0.3) is 16.3 Å². The Morgan fingerprint density at radius 2 is 1.95 bits per heavy atom. The zero-order valence-corrected chi connectivity index (χ0v) is 25.3. The lowest BCUT2D eigenvalue weighted by molar-refractivity contribution is 0.137. The average Bonchev–Trinajstić information content (AvgIpc) is 3.29. The van der Waals surface area contributed by atoms with Crippen molar-refractivity contribution in [1.82, 2.24) is 39.0 Å². The van der Waals surface area contributed by atoms with Crippen molar-refractivity contribution in [3.63, 3.8) is 0 Å². The monoisotopic (exact) mass is 611 g/mol. The van der Waals surface area contributed by atoms with E-state index in [1.807, 2.05) is 42.6 Å². The Hall–Kier alpha value is -2.95. The number of fused-ring (bicyclic) bond motifs is 1. The van der Waals surface area contributed by atoms with Gasteiger partial charge in [-0.1, -0.05) is 11.3 Å². The number of aromatic nitrogens is 4. The topological polar surface area (TPSA) is 119 Å². The molecule has 12 nitrogen and oxygen atoms in total. The number of likely N-dealkylation sites (N-methyl/N-ethyl adjacent to an activating group) is 2. The van der Waals surface area contributed by atoms with Gasteiger partial charge in [0.15, 0.2) is 15.8 Å². The maximum atomic E-state index is 13.5. The molecule has 224 valence electrons. The van der Waals surface area contributed by atoms with Crippen molar-refractivity contribution in [1.29, 1.82) is 0 Å². The van der Waals surface area contributed by atoms with Gasteiger partial charge < -0.3 is 19.6 Å². The molecule has 16 heteroatoms. The minimum absolute atomic E-state index is 0.0283. The van der Waals surface area contributed by atoms with E-state index >= 15 is 0 Å². The summed E-state index contributed by atoms with van der Waals surface area (Å²) in [6, 6.07) is 1.41. The summed E-state index contributed by atoms with van der Waals surface area (Å²) in [4.78, 5) is 25.2. The minimum Gasteiger partial charge on any atom is -0.366 e. The van der Waals surface area contributed by atoms with Crippen molar-refractivity contribution in [2.75, 3.05) is 58.8 Å². The highest BCUT2D eigenvalue weighted by atomic mass is 32.2. The lowest BCUT2D eigenvalue weighted by Crippen LogP contribution is -2.57. The van der Waals surface area contributed by atoms with Crippen LogP contribution in [0.1, 0.15) is 38.1 Å². The number of carbonyl (C=O) groups excluding carboxylic acids is 1. The first-order chi connectivity index (χ1) is 19.3. The molecule has 5 rings (SSSR count). The van der Waals surface area contributed by atoms with Gasteiger partial charge in [0.2, 0.25) is 10.0 Å². The standard InChI is InChI=1S/C25H35F2N9O3S2/c1-16-14-34(10-11-35(16)24(37)33(5)9-8-32(3)4)18-12-17(41(38,39)31-25(2)6-7-25)15-36-19(18)13-28-21(36)23-30-29-22(40-23)20(26)27/h12-13,15-16,20,31H,6-11,14H2,1-5H3/t16-/m0/s1. The number of piperazine rings is 1. The first kappa shape index (κ1) is 29.5. The predicted molar refractivity (Wildman–Crippen MR) is 152 cm³/mol. The number of sulfonamides is 1. The Kier molecular flexibility index (Phi) is 7.95. The smallest absolute Gasteiger partial charge is 0.320 e. The van der Waals surface area contributed by atoms with Crippen LogP contribution in [0.4, 0.5) is 19.3 Å². The minimum atomic E-state index is -3.91. The molecule has 0 bridgehead atoms. The van der Waals surface area contributed by atoms with Crippen LogP contribution in [0, 0.1) is 0 Å². The van der Waals surface area contributed by atoms with Gasteiger partial charge in [-0.2, -0.15) is 0 Å². The Bertz CT molecular complexity index is 1540. The molecule has 0 unspecified atom stereocenters. The molecular formula is C25H35F2N9O3S2. The van der Waals surface area contributed by atoms with E-state index in [0.717, 1.165) is 19.4 Å². The second-order valence-electron chi connectivity index (χ2n) is 11.3. The van der Waals surface area contributed by atoms with Gasteiger partial charge in [0.05, 0.1) is 17.4 Å². The van der Waals surface area contributed by atoms with E-state index in [2.05, 4.69) is 19.9 Å². The molecule has 0 spiro atoms. The van der Waals surface area contributed by atoms with E-state index in [4.69, 9.17) is 0 Å². The average molecular weight is 612 g/mol. The Morgan fingerprint density at radius 3 is 2.56 bits per heavy atom. The largest absolute Gasteiger partial charge is 0.366 e. The van der Waals surface area contributed by atoms with Gasteiger partial charge in [-0.05, 0) is 46.9 Å². The van der Waals surface area contributed by atoms with Crippen LogP contribution in [0.2, 0.25) is 0 Å². The molecule has 0 radical (unpaired) electrons. The highest BCUT2D eigenvalue weighted by Gasteiger charge is 2.42. The van der Waals surface area contributed by atoms with E-state index in [1.165, 1.54) is 6.20 Å². The fourth-order valence-electron chi connectivity index (χ4n) is 4.82. The van der Waals surface area contributed by atoms with Crippen LogP contribution in [-0.2, 0) is 10.0 Å². The van der Waals surface area contributed by atoms with Gasteiger partial charge in [-0.25, -0.2) is 31.7 Å². The number of alkyl halides is 2. The van der Waals surface area contributed by atoms with E-state index < -0.39 is 27.0 Å². The second kappa shape index (κ2) is 11.0. The fourth-order valence-corrected chi connectivity index (χ4v) is 7.00. The van der Waals surface area contributed by atoms with Crippen molar-refractivity contribution in [3.05, 3.63) is 23.5 Å². The van der Waals surface area contributed by atoms with Crippen LogP contribution >= 0.6 is 11.3 Å². The van der Waals surface area contributed by atoms with E-state index in [9.17, 15) is 22.0 Å². The zero-order chi connectivity index (χ0) is 29.7. The lowest BCUT2D eigenvalue weighted by Gasteiger charge is -2.42. The number of imidazole rings is 1. The van der Waals surface area contributed by atoms with Crippen molar-refractivity contribution < 1.29 is 22.0 Å². The molecule has 1 saturated heterocycles. The Balaban J connectivity index is 1.49. The highest BCUT2D eigenvalue weighted by molar-refractivity contribution is 7.89. The molecule has 3 aromatic rings. The van der Waals surface area contributed by atoms with Gasteiger partial charge in [0.25, 0.3) is 6.43 Å². The molecule has 1 atom stereocenters. The maximum Gasteiger partial charge on any atom is 0.320 e. The SMILES string of the molecule is C[C@H]1CN(c2cc(S(=O)(=O)NC3(C)CC3)cn3c(-c4nnc(C(F)F)s4)ncc23)CCN1C(=O)N(C)CCN(C)C. The molecule has 3 aromatic heterocycles. The number of anilines is 1. The number of nitrogens with one attached hydrogen (secondary N) is 1. The summed E-state index contributed by atoms with van der Waals surface area (Å²) in [6.07, 6.45) is 1.74. The quantitative estimate of drug-likeness (QED) is 0.393. The van der Waals surface area contributed by atoms with Crippen LogP contribution in [0.15, 0.2) is 23.4 Å². The number of rotatable bonds is 9. The van der Waals surface area contributed by atoms with Gasteiger partial charge in [-0.15, -0.1) is 10.2 Å². The van der Waals surface area contributed by atoms with Gasteiger partial charge in [0, 0.05) is 57.5 Å². The summed E-state index contributed by atoms with van der Waals surface area (Å²) >= 11 is 0.714. The molecule has 41 heavy (non-hydrogen) atoms. The molecule has 4 heterocycles. The zero-order valence-electron chi connectivity index (χ0n) is 23.7. The Labute approximate surface area is 242 Å². The van der Waals surface area contributed by atoms with Crippen molar-refractivity contribution in [3.8, 4) is 10.8 Å². The van der Waals surface area contributed by atoms with Crippen molar-refractivity contribution >= 4 is 38.6 Å². The number of halogens is 2. The number of pyridine rings is 1. The number of amides is 2. The molecule has 0 aromatic carbocycles. The molecule has 1 saturated carbocycles. The summed E-state index contributed by atoms with van der Waals surface area (Å²) in [6.45, 7) is 6.55. The highest BCUT2D eigenvalue weighted by Crippen LogP contribution is 2.38. The molecule has 2 fully saturated rings. The summed E-state index contributed by atoms with van der Waals surface area (Å²) in [5, 5.41) is 7.19. The molecule has 2 amide bonds. The third-order valence-electron chi connectivity index (χ3n) is 7.53. The van der Waals surface area contributed by atoms with E-state index in [0.29, 0.717) is 48.7 Å². The van der Waals surface area contributed by atoms with Gasteiger partial charge in [0.1, 0.15) is 4.90 Å². The number of nitrogens with zero attached hydrogens (tertiary/aromatic N) is 8. The lowest BCUT2D eigenvalue weighted by atomic mass is 10.1. The van der Waals surface area contributed by atoms with Gasteiger partial charge >= 0.3 is 6.03 Å². The first-order valence-corrected chi connectivity index (χ1v) is 15.7. The second-order valence-corrected chi connectivity index (χ2v) is 14.0. The van der Waals surface area contributed by atoms with Crippen LogP contribution in [0.3, 0.4) is 0 Å². The molecule has 1 N–H and O–H groups in total. The van der Waals surface area contributed by atoms with Gasteiger partial charge in [-0.3, -0.25) is 4.40 Å². The van der Waals surface area contributed by atoms with Crippen LogP contribution in [-0.4, -0.2) is 114 Å². The Morgan fingerprint density at radius 1 is 1.22 bits per heavy atom. The molecular weight excluding hydrogens is 576 g/mol. The number of urea groups is 1. The molecule has 2 aliphatic rings. The number of hydrogen-bond donors (Lipinski definition) is 1. The molecule has 1 aliphatic heterocycles. The normalized spacial score (nSPS) is 19.0. The maximum absolute atomic E-state index is 13.5.